The fourth-order valence-electron chi connectivity index (χ4n) is 3.30. The Balaban J connectivity index is 1.44. The van der Waals surface area contributed by atoms with Gasteiger partial charge in [0.1, 0.15) is 0 Å². The Kier molecular flexibility index (Phi) is 4.46. The summed E-state index contributed by atoms with van der Waals surface area (Å²) in [7, 11) is 0. The molecule has 1 saturated heterocycles. The number of aromatic nitrogens is 2. The maximum absolute atomic E-state index is 12.7. The number of piperidine rings is 1. The topological polar surface area (TPSA) is 72.1 Å². The third-order valence-corrected chi connectivity index (χ3v) is 5.91. The van der Waals surface area contributed by atoms with Crippen molar-refractivity contribution in [3.05, 3.63) is 58.9 Å². The number of hydrogen-bond donors (Lipinski definition) is 1. The maximum atomic E-state index is 12.7. The molecule has 0 atom stereocenters. The molecule has 2 N–H and O–H groups in total. The lowest BCUT2D eigenvalue weighted by Crippen LogP contribution is -2.38. The quantitative estimate of drug-likeness (QED) is 0.786. The molecule has 3 aromatic rings. The number of nitrogens with zero attached hydrogens (tertiary/aromatic N) is 3. The van der Waals surface area contributed by atoms with Crippen molar-refractivity contribution in [2.75, 3.05) is 13.1 Å². The van der Waals surface area contributed by atoms with Crippen LogP contribution < -0.4 is 5.73 Å². The van der Waals surface area contributed by atoms with Crippen LogP contribution in [0.4, 0.5) is 0 Å². The number of pyridine rings is 1. The minimum atomic E-state index is 0.0693. The van der Waals surface area contributed by atoms with E-state index in [4.69, 9.17) is 10.7 Å². The van der Waals surface area contributed by atoms with Crippen LogP contribution in [0, 0.1) is 0 Å². The van der Waals surface area contributed by atoms with Gasteiger partial charge in [0, 0.05) is 37.3 Å². The minimum absolute atomic E-state index is 0.0693. The van der Waals surface area contributed by atoms with Crippen molar-refractivity contribution in [3.63, 3.8) is 0 Å². The van der Waals surface area contributed by atoms with E-state index in [9.17, 15) is 4.79 Å². The van der Waals surface area contributed by atoms with Gasteiger partial charge in [0.15, 0.2) is 0 Å². The monoisotopic (exact) mass is 352 g/mol. The Morgan fingerprint density at radius 1 is 1.24 bits per heavy atom. The third kappa shape index (κ3) is 3.27. The number of hydrogen-bond acceptors (Lipinski definition) is 5. The number of carbonyl (C=O) groups is 1. The summed E-state index contributed by atoms with van der Waals surface area (Å²) in [6.07, 6.45) is 3.57. The minimum Gasteiger partial charge on any atom is -0.339 e. The maximum Gasteiger partial charge on any atom is 0.253 e. The number of nitrogens with two attached hydrogens (primary N) is 1. The van der Waals surface area contributed by atoms with Gasteiger partial charge in [-0.15, -0.1) is 11.3 Å². The van der Waals surface area contributed by atoms with Crippen molar-refractivity contribution in [1.82, 2.24) is 14.9 Å². The molecular weight excluding hydrogens is 332 g/mol. The number of carbonyl (C=O) groups excluding carboxylic acids is 1. The zero-order valence-electron chi connectivity index (χ0n) is 13.9. The van der Waals surface area contributed by atoms with Crippen LogP contribution >= 0.6 is 11.3 Å². The van der Waals surface area contributed by atoms with E-state index in [1.54, 1.807) is 29.7 Å². The molecule has 1 aliphatic rings. The van der Waals surface area contributed by atoms with Crippen LogP contribution in [0.15, 0.2) is 42.6 Å². The van der Waals surface area contributed by atoms with Crippen LogP contribution in [-0.4, -0.2) is 33.9 Å². The molecule has 0 unspecified atom stereocenters. The smallest absolute Gasteiger partial charge is 0.253 e. The SMILES string of the molecule is NCc1cc(C(=O)N2CCC(c3nc4ccccc4s3)CC2)ccn1. The number of thiazole rings is 1. The first-order chi connectivity index (χ1) is 12.2. The summed E-state index contributed by atoms with van der Waals surface area (Å²) in [6.45, 7) is 1.88. The van der Waals surface area contributed by atoms with E-state index in [-0.39, 0.29) is 5.91 Å². The molecular formula is C19H20N4OS. The van der Waals surface area contributed by atoms with Crippen LogP contribution in [0.1, 0.15) is 39.8 Å². The molecule has 0 saturated carbocycles. The van der Waals surface area contributed by atoms with Crippen LogP contribution in [0.2, 0.25) is 0 Å². The molecule has 0 spiro atoms. The molecule has 25 heavy (non-hydrogen) atoms. The second-order valence-corrected chi connectivity index (χ2v) is 7.39. The summed E-state index contributed by atoms with van der Waals surface area (Å²) in [5, 5.41) is 1.20. The number of benzene rings is 1. The van der Waals surface area contributed by atoms with Gasteiger partial charge in [0.05, 0.1) is 20.9 Å². The van der Waals surface area contributed by atoms with Crippen molar-refractivity contribution in [1.29, 1.82) is 0 Å². The highest BCUT2D eigenvalue weighted by molar-refractivity contribution is 7.18. The van der Waals surface area contributed by atoms with Gasteiger partial charge >= 0.3 is 0 Å². The van der Waals surface area contributed by atoms with Crippen LogP contribution in [0.25, 0.3) is 10.2 Å². The predicted molar refractivity (Wildman–Crippen MR) is 99.6 cm³/mol. The highest BCUT2D eigenvalue weighted by Gasteiger charge is 2.26. The molecule has 1 aliphatic heterocycles. The number of amides is 1. The molecule has 1 fully saturated rings. The summed E-state index contributed by atoms with van der Waals surface area (Å²) in [5.74, 6) is 0.512. The van der Waals surface area contributed by atoms with Gasteiger partial charge in [-0.05, 0) is 37.1 Å². The summed E-state index contributed by atoms with van der Waals surface area (Å²) in [4.78, 5) is 23.6. The zero-order chi connectivity index (χ0) is 17.2. The zero-order valence-corrected chi connectivity index (χ0v) is 14.7. The average molecular weight is 352 g/mol. The summed E-state index contributed by atoms with van der Waals surface area (Å²) in [5.41, 5.74) is 8.12. The van der Waals surface area contributed by atoms with Crippen LogP contribution in [0.5, 0.6) is 0 Å². The molecule has 0 bridgehead atoms. The van der Waals surface area contributed by atoms with Gasteiger partial charge in [0.2, 0.25) is 0 Å². The molecule has 128 valence electrons. The lowest BCUT2D eigenvalue weighted by Gasteiger charge is -2.31. The molecule has 3 heterocycles. The Labute approximate surface area is 150 Å². The lowest BCUT2D eigenvalue weighted by atomic mass is 9.97. The first-order valence-corrected chi connectivity index (χ1v) is 9.36. The van der Waals surface area contributed by atoms with E-state index < -0.39 is 0 Å². The Hall–Kier alpha value is -2.31. The fraction of sp³-hybridized carbons (Fsp3) is 0.316. The second kappa shape index (κ2) is 6.90. The largest absolute Gasteiger partial charge is 0.339 e. The first-order valence-electron chi connectivity index (χ1n) is 8.54. The predicted octanol–water partition coefficient (Wildman–Crippen LogP) is 3.17. The standard InChI is InChI=1S/C19H20N4OS/c20-12-15-11-14(5-8-21-15)19(24)23-9-6-13(7-10-23)18-22-16-3-1-2-4-17(16)25-18/h1-5,8,11,13H,6-7,9-10,12,20H2. The number of likely N-dealkylation sites (tertiary alicyclic amines) is 1. The highest BCUT2D eigenvalue weighted by Crippen LogP contribution is 2.34. The molecule has 1 amide bonds. The number of para-hydroxylation sites is 1. The van der Waals surface area contributed by atoms with Gasteiger partial charge in [-0.1, -0.05) is 12.1 Å². The molecule has 5 nitrogen and oxygen atoms in total. The van der Waals surface area contributed by atoms with E-state index in [1.165, 1.54) is 9.71 Å². The molecule has 0 radical (unpaired) electrons. The van der Waals surface area contributed by atoms with Crippen LogP contribution in [0.3, 0.4) is 0 Å². The van der Waals surface area contributed by atoms with Gasteiger partial charge in [-0.25, -0.2) is 4.98 Å². The van der Waals surface area contributed by atoms with Gasteiger partial charge < -0.3 is 10.6 Å². The van der Waals surface area contributed by atoms with E-state index >= 15 is 0 Å². The van der Waals surface area contributed by atoms with Crippen molar-refractivity contribution in [3.8, 4) is 0 Å². The van der Waals surface area contributed by atoms with E-state index in [1.807, 2.05) is 11.0 Å². The van der Waals surface area contributed by atoms with Crippen molar-refractivity contribution in [2.24, 2.45) is 5.73 Å². The van der Waals surface area contributed by atoms with Crippen molar-refractivity contribution < 1.29 is 4.79 Å². The second-order valence-electron chi connectivity index (χ2n) is 6.33. The summed E-state index contributed by atoms with van der Waals surface area (Å²) < 4.78 is 1.24. The fourth-order valence-corrected chi connectivity index (χ4v) is 4.44. The first kappa shape index (κ1) is 16.2. The van der Waals surface area contributed by atoms with Crippen molar-refractivity contribution in [2.45, 2.75) is 25.3 Å². The molecule has 1 aromatic carbocycles. The van der Waals surface area contributed by atoms with E-state index in [0.717, 1.165) is 37.1 Å². The molecule has 6 heteroatoms. The number of fused-ring (bicyclic) bond motifs is 1. The molecule has 2 aromatic heterocycles. The average Bonchev–Trinajstić information content (AvgIpc) is 3.12. The number of rotatable bonds is 3. The highest BCUT2D eigenvalue weighted by atomic mass is 32.1. The van der Waals surface area contributed by atoms with Crippen molar-refractivity contribution >= 4 is 27.5 Å². The Morgan fingerprint density at radius 3 is 2.80 bits per heavy atom. The molecule has 0 aliphatic carbocycles. The lowest BCUT2D eigenvalue weighted by molar-refractivity contribution is 0.0712. The summed E-state index contributed by atoms with van der Waals surface area (Å²) in [6, 6.07) is 11.8. The Bertz CT molecular complexity index is 866. The third-order valence-electron chi connectivity index (χ3n) is 4.71. The van der Waals surface area contributed by atoms with Gasteiger partial charge in [0.25, 0.3) is 5.91 Å². The van der Waals surface area contributed by atoms with Gasteiger partial charge in [-0.2, -0.15) is 0 Å². The normalized spacial score (nSPS) is 15.6. The van der Waals surface area contributed by atoms with Crippen LogP contribution in [-0.2, 0) is 6.54 Å². The summed E-state index contributed by atoms with van der Waals surface area (Å²) >= 11 is 1.78. The Morgan fingerprint density at radius 2 is 2.04 bits per heavy atom. The molecule has 4 rings (SSSR count). The van der Waals surface area contributed by atoms with Gasteiger partial charge in [-0.3, -0.25) is 9.78 Å². The van der Waals surface area contributed by atoms with E-state index in [0.29, 0.717) is 18.0 Å². The van der Waals surface area contributed by atoms with E-state index in [2.05, 4.69) is 23.2 Å².